The second-order valence-electron chi connectivity index (χ2n) is 9.49. The SMILES string of the molecule is CCOC(=O)Cn1ccc2c(C(=O)NCCn3cc(C(c4ccccc4)c4ccccc4)ccc3=O)cccc21. The third kappa shape index (κ3) is 5.89. The molecule has 0 saturated carbocycles. The van der Waals surface area contributed by atoms with Crippen LogP contribution in [0.3, 0.4) is 0 Å². The van der Waals surface area contributed by atoms with Crippen LogP contribution in [0, 0.1) is 0 Å². The minimum Gasteiger partial charge on any atom is -0.465 e. The Labute approximate surface area is 232 Å². The van der Waals surface area contributed by atoms with Crippen LogP contribution in [0.2, 0.25) is 0 Å². The molecule has 1 N–H and O–H groups in total. The Balaban J connectivity index is 1.32. The van der Waals surface area contributed by atoms with E-state index in [-0.39, 0.29) is 36.4 Å². The maximum Gasteiger partial charge on any atom is 0.325 e. The van der Waals surface area contributed by atoms with Crippen LogP contribution in [0.4, 0.5) is 0 Å². The zero-order valence-corrected chi connectivity index (χ0v) is 22.3. The van der Waals surface area contributed by atoms with E-state index in [2.05, 4.69) is 29.6 Å². The molecule has 0 radical (unpaired) electrons. The van der Waals surface area contributed by atoms with Crippen LogP contribution in [0.5, 0.6) is 0 Å². The molecule has 2 aromatic heterocycles. The summed E-state index contributed by atoms with van der Waals surface area (Å²) in [6, 6.07) is 31.1. The molecule has 0 aliphatic carbocycles. The Morgan fingerprint density at radius 1 is 0.800 bits per heavy atom. The largest absolute Gasteiger partial charge is 0.465 e. The second-order valence-corrected chi connectivity index (χ2v) is 9.49. The van der Waals surface area contributed by atoms with E-state index in [1.165, 1.54) is 0 Å². The summed E-state index contributed by atoms with van der Waals surface area (Å²) in [7, 11) is 0. The van der Waals surface area contributed by atoms with Crippen LogP contribution in [-0.2, 0) is 22.6 Å². The van der Waals surface area contributed by atoms with Crippen LogP contribution in [0.25, 0.3) is 10.9 Å². The van der Waals surface area contributed by atoms with Gasteiger partial charge in [-0.3, -0.25) is 14.4 Å². The zero-order chi connectivity index (χ0) is 27.9. The van der Waals surface area contributed by atoms with Gasteiger partial charge in [0.15, 0.2) is 0 Å². The van der Waals surface area contributed by atoms with Crippen molar-refractivity contribution in [1.82, 2.24) is 14.5 Å². The third-order valence-electron chi connectivity index (χ3n) is 6.91. The highest BCUT2D eigenvalue weighted by atomic mass is 16.5. The van der Waals surface area contributed by atoms with Crippen molar-refractivity contribution in [2.45, 2.75) is 25.9 Å². The molecule has 5 aromatic rings. The summed E-state index contributed by atoms with van der Waals surface area (Å²) < 4.78 is 8.47. The Morgan fingerprint density at radius 3 is 2.17 bits per heavy atom. The van der Waals surface area contributed by atoms with Gasteiger partial charge >= 0.3 is 5.97 Å². The molecular weight excluding hydrogens is 502 g/mol. The number of amides is 1. The van der Waals surface area contributed by atoms with E-state index in [4.69, 9.17) is 4.74 Å². The molecule has 0 saturated heterocycles. The molecule has 0 aliphatic rings. The van der Waals surface area contributed by atoms with Gasteiger partial charge in [0.1, 0.15) is 6.54 Å². The molecule has 1 amide bonds. The number of carbonyl (C=O) groups excluding carboxylic acids is 2. The van der Waals surface area contributed by atoms with Crippen molar-refractivity contribution >= 4 is 22.8 Å². The molecule has 202 valence electrons. The second kappa shape index (κ2) is 12.3. The smallest absolute Gasteiger partial charge is 0.325 e. The fraction of sp³-hybridized carbons (Fsp3) is 0.182. The van der Waals surface area contributed by atoms with Crippen molar-refractivity contribution in [2.24, 2.45) is 0 Å². The Morgan fingerprint density at radius 2 is 1.50 bits per heavy atom. The van der Waals surface area contributed by atoms with Gasteiger partial charge in [0.25, 0.3) is 11.5 Å². The molecular formula is C33H31N3O4. The highest BCUT2D eigenvalue weighted by Gasteiger charge is 2.18. The summed E-state index contributed by atoms with van der Waals surface area (Å²) in [4.78, 5) is 37.8. The average Bonchev–Trinajstić information content (AvgIpc) is 3.38. The number of pyridine rings is 1. The maximum absolute atomic E-state index is 13.1. The molecule has 0 spiro atoms. The number of nitrogens with zero attached hydrogens (tertiary/aromatic N) is 2. The van der Waals surface area contributed by atoms with Gasteiger partial charge in [-0.05, 0) is 41.8 Å². The Hall–Kier alpha value is -4.91. The molecule has 5 rings (SSSR count). The van der Waals surface area contributed by atoms with Crippen LogP contribution in [0.15, 0.2) is 114 Å². The van der Waals surface area contributed by atoms with Crippen molar-refractivity contribution in [3.8, 4) is 0 Å². The van der Waals surface area contributed by atoms with Gasteiger partial charge in [-0.25, -0.2) is 0 Å². The lowest BCUT2D eigenvalue weighted by Gasteiger charge is -2.20. The fourth-order valence-corrected chi connectivity index (χ4v) is 5.05. The standard InChI is InChI=1S/C33H31N3O4/c1-2-40-31(38)23-35-20-18-27-28(14-9-15-29(27)35)33(39)34-19-21-36-22-26(16-17-30(36)37)32(24-10-5-3-6-11-24)25-12-7-4-8-13-25/h3-18,20,22,32H,2,19,21,23H2,1H3,(H,34,39). The van der Waals surface area contributed by atoms with Gasteiger partial charge < -0.3 is 19.2 Å². The van der Waals surface area contributed by atoms with Gasteiger partial charge in [0.2, 0.25) is 0 Å². The van der Waals surface area contributed by atoms with Gasteiger partial charge in [0, 0.05) is 53.9 Å². The molecule has 0 aliphatic heterocycles. The van der Waals surface area contributed by atoms with Gasteiger partial charge in [0.05, 0.1) is 6.61 Å². The normalized spacial score (nSPS) is 11.1. The summed E-state index contributed by atoms with van der Waals surface area (Å²) >= 11 is 0. The van der Waals surface area contributed by atoms with Gasteiger partial charge in [-0.15, -0.1) is 0 Å². The van der Waals surface area contributed by atoms with Gasteiger partial charge in [-0.2, -0.15) is 0 Å². The summed E-state index contributed by atoms with van der Waals surface area (Å²) in [5.74, 6) is -0.598. The number of hydrogen-bond acceptors (Lipinski definition) is 4. The number of rotatable bonds is 10. The molecule has 40 heavy (non-hydrogen) atoms. The van der Waals surface area contributed by atoms with Crippen molar-refractivity contribution < 1.29 is 14.3 Å². The Bertz CT molecular complexity index is 1630. The van der Waals surface area contributed by atoms with E-state index in [9.17, 15) is 14.4 Å². The lowest BCUT2D eigenvalue weighted by atomic mass is 9.86. The highest BCUT2D eigenvalue weighted by molar-refractivity contribution is 6.06. The predicted molar refractivity (Wildman–Crippen MR) is 155 cm³/mol. The topological polar surface area (TPSA) is 82.3 Å². The van der Waals surface area contributed by atoms with Crippen molar-refractivity contribution in [1.29, 1.82) is 0 Å². The molecule has 7 heteroatoms. The summed E-state index contributed by atoms with van der Waals surface area (Å²) in [5, 5.41) is 3.70. The fourth-order valence-electron chi connectivity index (χ4n) is 5.05. The first kappa shape index (κ1) is 26.7. The molecule has 3 aromatic carbocycles. The summed E-state index contributed by atoms with van der Waals surface area (Å²) in [5.41, 5.74) is 4.42. The van der Waals surface area contributed by atoms with E-state index in [1.54, 1.807) is 40.5 Å². The first-order valence-electron chi connectivity index (χ1n) is 13.4. The minimum atomic E-state index is -0.329. The number of esters is 1. The number of benzene rings is 3. The molecule has 0 unspecified atom stereocenters. The quantitative estimate of drug-likeness (QED) is 0.257. The number of hydrogen-bond donors (Lipinski definition) is 1. The first-order valence-corrected chi connectivity index (χ1v) is 13.4. The van der Waals surface area contributed by atoms with Gasteiger partial charge in [-0.1, -0.05) is 72.8 Å². The number of carbonyl (C=O) groups is 2. The zero-order valence-electron chi connectivity index (χ0n) is 22.3. The maximum atomic E-state index is 13.1. The molecule has 0 fully saturated rings. The number of ether oxygens (including phenoxy) is 1. The third-order valence-corrected chi connectivity index (χ3v) is 6.91. The molecule has 0 atom stereocenters. The first-order chi connectivity index (χ1) is 19.5. The predicted octanol–water partition coefficient (Wildman–Crippen LogP) is 4.98. The average molecular weight is 534 g/mol. The van der Waals surface area contributed by atoms with Crippen LogP contribution >= 0.6 is 0 Å². The van der Waals surface area contributed by atoms with Crippen molar-refractivity contribution in [3.05, 3.63) is 142 Å². The van der Waals surface area contributed by atoms with E-state index in [0.717, 1.165) is 27.6 Å². The summed E-state index contributed by atoms with van der Waals surface area (Å²) in [6.45, 7) is 2.77. The van der Waals surface area contributed by atoms with E-state index in [0.29, 0.717) is 18.7 Å². The number of aromatic nitrogens is 2. The number of nitrogens with one attached hydrogen (secondary N) is 1. The minimum absolute atomic E-state index is 0.0277. The lowest BCUT2D eigenvalue weighted by Crippen LogP contribution is -2.31. The highest BCUT2D eigenvalue weighted by Crippen LogP contribution is 2.31. The van der Waals surface area contributed by atoms with Crippen LogP contribution in [0.1, 0.15) is 39.9 Å². The molecule has 0 bridgehead atoms. The van der Waals surface area contributed by atoms with Crippen molar-refractivity contribution in [3.63, 3.8) is 0 Å². The van der Waals surface area contributed by atoms with E-state index < -0.39 is 0 Å². The van der Waals surface area contributed by atoms with Crippen molar-refractivity contribution in [2.75, 3.05) is 13.2 Å². The summed E-state index contributed by atoms with van der Waals surface area (Å²) in [6.07, 6.45) is 3.66. The lowest BCUT2D eigenvalue weighted by molar-refractivity contribution is -0.143. The number of fused-ring (bicyclic) bond motifs is 1. The Kier molecular flexibility index (Phi) is 8.21. The monoisotopic (exact) mass is 533 g/mol. The molecule has 2 heterocycles. The van der Waals surface area contributed by atoms with E-state index in [1.807, 2.05) is 60.8 Å². The van der Waals surface area contributed by atoms with Crippen LogP contribution in [-0.4, -0.2) is 34.2 Å². The van der Waals surface area contributed by atoms with Crippen LogP contribution < -0.4 is 10.9 Å². The van der Waals surface area contributed by atoms with E-state index >= 15 is 0 Å². The molecule has 7 nitrogen and oxygen atoms in total.